The quantitative estimate of drug-likeness (QED) is 0.424. The number of carbonyl (C=O) groups is 2. The fraction of sp³-hybridized carbons (Fsp3) is 0.182. The summed E-state index contributed by atoms with van der Waals surface area (Å²) in [6, 6.07) is 12.6. The van der Waals surface area contributed by atoms with Crippen molar-refractivity contribution in [2.75, 3.05) is 5.32 Å². The summed E-state index contributed by atoms with van der Waals surface area (Å²) in [4.78, 5) is 34.4. The third-order valence-electron chi connectivity index (χ3n) is 4.21. The molecule has 0 saturated heterocycles. The van der Waals surface area contributed by atoms with Crippen molar-refractivity contribution in [2.24, 2.45) is 0 Å². The zero-order valence-electron chi connectivity index (χ0n) is 16.7. The van der Waals surface area contributed by atoms with Crippen molar-refractivity contribution in [1.29, 1.82) is 0 Å². The molecule has 8 heteroatoms. The number of nitrogens with one attached hydrogen (secondary N) is 1. The predicted molar refractivity (Wildman–Crippen MR) is 117 cm³/mol. The van der Waals surface area contributed by atoms with Crippen LogP contribution in [0.4, 0.5) is 5.69 Å². The zero-order valence-corrected chi connectivity index (χ0v) is 18.3. The molecule has 3 aromatic rings. The number of halogens is 1. The molecule has 0 radical (unpaired) electrons. The van der Waals surface area contributed by atoms with Gasteiger partial charge in [-0.15, -0.1) is 0 Å². The van der Waals surface area contributed by atoms with Crippen LogP contribution >= 0.6 is 23.4 Å². The number of benzene rings is 1. The largest absolute Gasteiger partial charge is 0.449 e. The highest BCUT2D eigenvalue weighted by molar-refractivity contribution is 7.99. The Kier molecular flexibility index (Phi) is 7.07. The Morgan fingerprint density at radius 3 is 2.60 bits per heavy atom. The molecule has 0 saturated carbocycles. The first-order valence-corrected chi connectivity index (χ1v) is 10.4. The van der Waals surface area contributed by atoms with Crippen LogP contribution in [0, 0.1) is 13.8 Å². The van der Waals surface area contributed by atoms with E-state index in [0.29, 0.717) is 16.3 Å². The van der Waals surface area contributed by atoms with Crippen molar-refractivity contribution in [3.8, 4) is 0 Å². The number of pyridine rings is 2. The molecule has 1 unspecified atom stereocenters. The molecule has 0 aliphatic carbocycles. The van der Waals surface area contributed by atoms with Crippen LogP contribution < -0.4 is 5.32 Å². The maximum atomic E-state index is 12.7. The number of aryl methyl sites for hydroxylation is 2. The molecule has 0 aliphatic heterocycles. The Morgan fingerprint density at radius 2 is 1.83 bits per heavy atom. The Labute approximate surface area is 184 Å². The van der Waals surface area contributed by atoms with Gasteiger partial charge in [-0.1, -0.05) is 35.5 Å². The average Bonchev–Trinajstić information content (AvgIpc) is 2.72. The highest BCUT2D eigenvalue weighted by Gasteiger charge is 2.22. The summed E-state index contributed by atoms with van der Waals surface area (Å²) in [5.41, 5.74) is 2.83. The van der Waals surface area contributed by atoms with Crippen molar-refractivity contribution in [3.05, 3.63) is 76.7 Å². The lowest BCUT2D eigenvalue weighted by molar-refractivity contribution is -0.123. The molecule has 154 valence electrons. The Balaban J connectivity index is 1.73. The van der Waals surface area contributed by atoms with Crippen molar-refractivity contribution in [2.45, 2.75) is 36.8 Å². The Hall–Kier alpha value is -2.90. The topological polar surface area (TPSA) is 81.2 Å². The summed E-state index contributed by atoms with van der Waals surface area (Å²) in [5.74, 6) is -1.14. The lowest BCUT2D eigenvalue weighted by Crippen LogP contribution is -2.30. The molecule has 6 nitrogen and oxygen atoms in total. The SMILES string of the molecule is Cc1ccc(C)c(Sc2ncccc2C(=O)OC(C)C(=O)Nc2cccnc2Cl)c1. The van der Waals surface area contributed by atoms with Gasteiger partial charge >= 0.3 is 5.97 Å². The second-order valence-corrected chi connectivity index (χ2v) is 7.99. The van der Waals surface area contributed by atoms with E-state index in [-0.39, 0.29) is 5.15 Å². The van der Waals surface area contributed by atoms with Crippen LogP contribution in [0.1, 0.15) is 28.4 Å². The van der Waals surface area contributed by atoms with Gasteiger partial charge < -0.3 is 10.1 Å². The van der Waals surface area contributed by atoms with Crippen LogP contribution in [0.5, 0.6) is 0 Å². The first kappa shape index (κ1) is 21.8. The van der Waals surface area contributed by atoms with Gasteiger partial charge in [0.2, 0.25) is 0 Å². The van der Waals surface area contributed by atoms with Gasteiger partial charge in [-0.25, -0.2) is 14.8 Å². The van der Waals surface area contributed by atoms with Gasteiger partial charge in [0, 0.05) is 17.3 Å². The molecule has 3 rings (SSSR count). The van der Waals surface area contributed by atoms with E-state index in [2.05, 4.69) is 15.3 Å². The first-order valence-electron chi connectivity index (χ1n) is 9.17. The molecular formula is C22H20ClN3O3S. The van der Waals surface area contributed by atoms with Gasteiger partial charge in [0.25, 0.3) is 5.91 Å². The highest BCUT2D eigenvalue weighted by atomic mass is 35.5. The molecule has 30 heavy (non-hydrogen) atoms. The minimum absolute atomic E-state index is 0.156. The number of hydrogen-bond donors (Lipinski definition) is 1. The second kappa shape index (κ2) is 9.73. The van der Waals surface area contributed by atoms with E-state index in [4.69, 9.17) is 16.3 Å². The fourth-order valence-corrected chi connectivity index (χ4v) is 3.76. The number of amides is 1. The lowest BCUT2D eigenvalue weighted by Gasteiger charge is -2.15. The number of hydrogen-bond acceptors (Lipinski definition) is 6. The lowest BCUT2D eigenvalue weighted by atomic mass is 10.2. The molecule has 0 spiro atoms. The van der Waals surface area contributed by atoms with E-state index in [0.717, 1.165) is 16.0 Å². The Bertz CT molecular complexity index is 1090. The van der Waals surface area contributed by atoms with E-state index in [1.807, 2.05) is 32.0 Å². The summed E-state index contributed by atoms with van der Waals surface area (Å²) in [5, 5.41) is 3.27. The monoisotopic (exact) mass is 441 g/mol. The van der Waals surface area contributed by atoms with Crippen LogP contribution in [0.15, 0.2) is 64.8 Å². The number of nitrogens with zero attached hydrogens (tertiary/aromatic N) is 2. The van der Waals surface area contributed by atoms with Crippen LogP contribution in [0.2, 0.25) is 5.15 Å². The molecule has 0 bridgehead atoms. The standard InChI is InChI=1S/C22H20ClN3O3S/c1-13-8-9-14(2)18(12-13)30-21-16(6-4-11-25-21)22(28)29-15(3)20(27)26-17-7-5-10-24-19(17)23/h4-12,15H,1-3H3,(H,26,27). The molecular weight excluding hydrogens is 422 g/mol. The molecule has 0 aliphatic rings. The number of carbonyl (C=O) groups excluding carboxylic acids is 2. The normalized spacial score (nSPS) is 11.6. The summed E-state index contributed by atoms with van der Waals surface area (Å²) in [6.07, 6.45) is 2.09. The average molecular weight is 442 g/mol. The van der Waals surface area contributed by atoms with Gasteiger partial charge in [-0.3, -0.25) is 4.79 Å². The molecule has 2 aromatic heterocycles. The maximum Gasteiger partial charge on any atom is 0.341 e. The minimum Gasteiger partial charge on any atom is -0.449 e. The number of ether oxygens (including phenoxy) is 1. The molecule has 0 fully saturated rings. The van der Waals surface area contributed by atoms with Gasteiger partial charge in [-0.2, -0.15) is 0 Å². The number of aromatic nitrogens is 2. The number of anilines is 1. The van der Waals surface area contributed by atoms with E-state index in [1.54, 1.807) is 30.5 Å². The summed E-state index contributed by atoms with van der Waals surface area (Å²) < 4.78 is 5.37. The predicted octanol–water partition coefficient (Wildman–Crippen LogP) is 5.08. The van der Waals surface area contributed by atoms with Crippen molar-refractivity contribution in [1.82, 2.24) is 9.97 Å². The van der Waals surface area contributed by atoms with Gasteiger partial charge in [0.05, 0.1) is 11.3 Å². The minimum atomic E-state index is -1.03. The van der Waals surface area contributed by atoms with E-state index >= 15 is 0 Å². The van der Waals surface area contributed by atoms with E-state index < -0.39 is 18.0 Å². The third kappa shape index (κ3) is 5.37. The van der Waals surface area contributed by atoms with Crippen molar-refractivity contribution < 1.29 is 14.3 Å². The summed E-state index contributed by atoms with van der Waals surface area (Å²) in [6.45, 7) is 5.50. The third-order valence-corrected chi connectivity index (χ3v) is 5.69. The maximum absolute atomic E-state index is 12.7. The van der Waals surface area contributed by atoms with Crippen LogP contribution in [-0.2, 0) is 9.53 Å². The molecule has 1 aromatic carbocycles. The molecule has 1 N–H and O–H groups in total. The van der Waals surface area contributed by atoms with E-state index in [1.165, 1.54) is 24.9 Å². The van der Waals surface area contributed by atoms with Crippen molar-refractivity contribution >= 4 is 40.9 Å². The fourth-order valence-electron chi connectivity index (χ4n) is 2.54. The van der Waals surface area contributed by atoms with Crippen LogP contribution in [0.3, 0.4) is 0 Å². The zero-order chi connectivity index (χ0) is 21.7. The van der Waals surface area contributed by atoms with E-state index in [9.17, 15) is 9.59 Å². The van der Waals surface area contributed by atoms with Gasteiger partial charge in [-0.05, 0) is 62.2 Å². The van der Waals surface area contributed by atoms with Gasteiger partial charge in [0.15, 0.2) is 11.3 Å². The Morgan fingerprint density at radius 1 is 1.10 bits per heavy atom. The molecule has 1 atom stereocenters. The first-order chi connectivity index (χ1) is 14.3. The molecule has 2 heterocycles. The number of rotatable bonds is 6. The smallest absolute Gasteiger partial charge is 0.341 e. The number of esters is 1. The second-order valence-electron chi connectivity index (χ2n) is 6.61. The molecule has 1 amide bonds. The summed E-state index contributed by atoms with van der Waals surface area (Å²) >= 11 is 7.34. The van der Waals surface area contributed by atoms with Crippen LogP contribution in [-0.4, -0.2) is 27.9 Å². The highest BCUT2D eigenvalue weighted by Crippen LogP contribution is 2.32. The van der Waals surface area contributed by atoms with Gasteiger partial charge in [0.1, 0.15) is 5.03 Å². The summed E-state index contributed by atoms with van der Waals surface area (Å²) in [7, 11) is 0. The van der Waals surface area contributed by atoms with Crippen LogP contribution in [0.25, 0.3) is 0 Å². The van der Waals surface area contributed by atoms with Crippen molar-refractivity contribution in [3.63, 3.8) is 0 Å².